The second-order valence-electron chi connectivity index (χ2n) is 7.13. The van der Waals surface area contributed by atoms with E-state index in [4.69, 9.17) is 4.74 Å². The molecule has 0 radical (unpaired) electrons. The maximum Gasteiger partial charge on any atom is 0.127 e. The third-order valence-corrected chi connectivity index (χ3v) is 5.42. The topological polar surface area (TPSA) is 12.5 Å². The van der Waals surface area contributed by atoms with Gasteiger partial charge in [-0.3, -0.25) is 0 Å². The van der Waals surface area contributed by atoms with Crippen molar-refractivity contribution in [2.24, 2.45) is 17.8 Å². The Morgan fingerprint density at radius 3 is 2.71 bits per heavy atom. The van der Waals surface area contributed by atoms with Gasteiger partial charge >= 0.3 is 0 Å². The van der Waals surface area contributed by atoms with Crippen molar-refractivity contribution < 1.29 is 9.13 Å². The number of rotatable bonds is 4. The number of fused-ring (bicyclic) bond motifs is 2. The molecule has 0 spiro atoms. The van der Waals surface area contributed by atoms with Crippen LogP contribution in [0.25, 0.3) is 0 Å². The monoisotopic (exact) mass is 291 g/mol. The fraction of sp³-hybridized carbons (Fsp3) is 0.667. The summed E-state index contributed by atoms with van der Waals surface area (Å²) in [5, 5.41) is 0. The Balaban J connectivity index is 1.92. The standard InChI is InChI=1S/C18H26FNO/c1-20(2)11-18-13-5-4-12(6-13)7-17(18)14-8-15(19)10-16(9-14)21-3/h8-10,12-13,17-18H,4-7,11H2,1-3H3/t12-,13+,17-,18-/m0/s1. The highest BCUT2D eigenvalue weighted by molar-refractivity contribution is 5.33. The number of hydrogen-bond donors (Lipinski definition) is 0. The van der Waals surface area contributed by atoms with Gasteiger partial charge in [-0.25, -0.2) is 4.39 Å². The molecule has 0 unspecified atom stereocenters. The van der Waals surface area contributed by atoms with Gasteiger partial charge in [-0.2, -0.15) is 0 Å². The number of ether oxygens (including phenoxy) is 1. The molecular weight excluding hydrogens is 265 g/mol. The first-order chi connectivity index (χ1) is 10.1. The zero-order valence-electron chi connectivity index (χ0n) is 13.3. The van der Waals surface area contributed by atoms with Crippen molar-refractivity contribution in [3.8, 4) is 5.75 Å². The van der Waals surface area contributed by atoms with Crippen LogP contribution in [-0.2, 0) is 0 Å². The van der Waals surface area contributed by atoms with E-state index in [2.05, 4.69) is 19.0 Å². The van der Waals surface area contributed by atoms with Crippen molar-refractivity contribution in [3.05, 3.63) is 29.6 Å². The lowest BCUT2D eigenvalue weighted by molar-refractivity contribution is 0.164. The fourth-order valence-electron chi connectivity index (χ4n) is 4.58. The maximum absolute atomic E-state index is 13.9. The molecule has 3 heteroatoms. The van der Waals surface area contributed by atoms with Crippen LogP contribution in [-0.4, -0.2) is 32.6 Å². The molecule has 0 heterocycles. The minimum Gasteiger partial charge on any atom is -0.497 e. The van der Waals surface area contributed by atoms with Gasteiger partial charge in [0, 0.05) is 12.6 Å². The SMILES string of the molecule is COc1cc(F)cc([C@@H]2C[C@H]3CC[C@H](C3)[C@@H]2CN(C)C)c1. The molecule has 0 amide bonds. The van der Waals surface area contributed by atoms with Gasteiger partial charge in [-0.15, -0.1) is 0 Å². The van der Waals surface area contributed by atoms with Crippen molar-refractivity contribution in [2.75, 3.05) is 27.7 Å². The van der Waals surface area contributed by atoms with Crippen molar-refractivity contribution in [2.45, 2.75) is 31.6 Å². The van der Waals surface area contributed by atoms with Gasteiger partial charge < -0.3 is 9.64 Å². The number of nitrogens with zero attached hydrogens (tertiary/aromatic N) is 1. The Morgan fingerprint density at radius 1 is 1.19 bits per heavy atom. The first-order valence-corrected chi connectivity index (χ1v) is 8.06. The number of halogens is 1. The van der Waals surface area contributed by atoms with Crippen molar-refractivity contribution in [3.63, 3.8) is 0 Å². The lowest BCUT2D eigenvalue weighted by Crippen LogP contribution is -2.34. The quantitative estimate of drug-likeness (QED) is 0.834. The van der Waals surface area contributed by atoms with Gasteiger partial charge in [0.25, 0.3) is 0 Å². The van der Waals surface area contributed by atoms with Crippen LogP contribution in [0.4, 0.5) is 4.39 Å². The summed E-state index contributed by atoms with van der Waals surface area (Å²) < 4.78 is 19.1. The van der Waals surface area contributed by atoms with E-state index in [1.54, 1.807) is 13.2 Å². The Kier molecular flexibility index (Phi) is 4.21. The summed E-state index contributed by atoms with van der Waals surface area (Å²) in [5.41, 5.74) is 1.13. The van der Waals surface area contributed by atoms with Gasteiger partial charge in [-0.05, 0) is 74.7 Å². The fourth-order valence-corrected chi connectivity index (χ4v) is 4.58. The van der Waals surface area contributed by atoms with Crippen molar-refractivity contribution >= 4 is 0 Å². The van der Waals surface area contributed by atoms with Crippen LogP contribution >= 0.6 is 0 Å². The highest BCUT2D eigenvalue weighted by atomic mass is 19.1. The molecule has 21 heavy (non-hydrogen) atoms. The van der Waals surface area contributed by atoms with Crippen LogP contribution in [0, 0.1) is 23.6 Å². The van der Waals surface area contributed by atoms with Crippen molar-refractivity contribution in [1.82, 2.24) is 4.90 Å². The van der Waals surface area contributed by atoms with E-state index >= 15 is 0 Å². The van der Waals surface area contributed by atoms with E-state index < -0.39 is 0 Å². The maximum atomic E-state index is 13.9. The molecular formula is C18H26FNO. The third kappa shape index (κ3) is 3.08. The van der Waals surface area contributed by atoms with E-state index in [1.807, 2.05) is 6.07 Å². The summed E-state index contributed by atoms with van der Waals surface area (Å²) in [5.74, 6) is 3.24. The first-order valence-electron chi connectivity index (χ1n) is 8.06. The van der Waals surface area contributed by atoms with Crippen LogP contribution in [0.15, 0.2) is 18.2 Å². The predicted octanol–water partition coefficient (Wildman–Crippen LogP) is 3.92. The second-order valence-corrected chi connectivity index (χ2v) is 7.13. The smallest absolute Gasteiger partial charge is 0.127 e. The van der Waals surface area contributed by atoms with E-state index in [9.17, 15) is 4.39 Å². The lowest BCUT2D eigenvalue weighted by atomic mass is 9.69. The Morgan fingerprint density at radius 2 is 2.00 bits per heavy atom. The zero-order chi connectivity index (χ0) is 15.0. The van der Waals surface area contributed by atoms with Crippen molar-refractivity contribution in [1.29, 1.82) is 0 Å². The van der Waals surface area contributed by atoms with E-state index in [0.29, 0.717) is 17.6 Å². The van der Waals surface area contributed by atoms with Crippen LogP contribution in [0.1, 0.15) is 37.2 Å². The van der Waals surface area contributed by atoms with E-state index in [0.717, 1.165) is 23.9 Å². The van der Waals surface area contributed by atoms with Gasteiger partial charge in [-0.1, -0.05) is 6.42 Å². The molecule has 2 saturated carbocycles. The molecule has 1 aromatic rings. The first kappa shape index (κ1) is 14.8. The van der Waals surface area contributed by atoms with Gasteiger partial charge in [0.1, 0.15) is 11.6 Å². The number of methoxy groups -OCH3 is 1. The zero-order valence-corrected chi connectivity index (χ0v) is 13.3. The summed E-state index contributed by atoms with van der Waals surface area (Å²) in [6.07, 6.45) is 5.30. The Bertz CT molecular complexity index is 502. The van der Waals surface area contributed by atoms with Gasteiger partial charge in [0.15, 0.2) is 0 Å². The van der Waals surface area contributed by atoms with E-state index in [1.165, 1.54) is 31.7 Å². The van der Waals surface area contributed by atoms with Crippen LogP contribution in [0.5, 0.6) is 5.75 Å². The van der Waals surface area contributed by atoms with E-state index in [-0.39, 0.29) is 5.82 Å². The number of hydrogen-bond acceptors (Lipinski definition) is 2. The molecule has 2 aliphatic rings. The minimum absolute atomic E-state index is 0.175. The normalized spacial score (nSPS) is 31.7. The summed E-state index contributed by atoms with van der Waals surface area (Å²) in [4.78, 5) is 2.28. The molecule has 0 saturated heterocycles. The lowest BCUT2D eigenvalue weighted by Gasteiger charge is -2.38. The Hall–Kier alpha value is -1.09. The van der Waals surface area contributed by atoms with Crippen LogP contribution < -0.4 is 4.74 Å². The molecule has 0 N–H and O–H groups in total. The third-order valence-electron chi connectivity index (χ3n) is 5.42. The summed E-state index contributed by atoms with van der Waals surface area (Å²) in [6.45, 7) is 1.10. The molecule has 1 aromatic carbocycles. The molecule has 4 atom stereocenters. The molecule has 2 fully saturated rings. The van der Waals surface area contributed by atoms with Gasteiger partial charge in [0.2, 0.25) is 0 Å². The summed E-state index contributed by atoms with van der Waals surface area (Å²) >= 11 is 0. The summed E-state index contributed by atoms with van der Waals surface area (Å²) in [6, 6.07) is 5.24. The number of benzene rings is 1. The van der Waals surface area contributed by atoms with Gasteiger partial charge in [0.05, 0.1) is 7.11 Å². The molecule has 2 bridgehead atoms. The van der Waals surface area contributed by atoms with Crippen LogP contribution in [0.3, 0.4) is 0 Å². The predicted molar refractivity (Wildman–Crippen MR) is 83.2 cm³/mol. The van der Waals surface area contributed by atoms with Crippen LogP contribution in [0.2, 0.25) is 0 Å². The molecule has 3 rings (SSSR count). The average molecular weight is 291 g/mol. The minimum atomic E-state index is -0.175. The molecule has 2 aliphatic carbocycles. The average Bonchev–Trinajstić information content (AvgIpc) is 2.83. The highest BCUT2D eigenvalue weighted by Crippen LogP contribution is 2.52. The molecule has 116 valence electrons. The summed E-state index contributed by atoms with van der Waals surface area (Å²) in [7, 11) is 5.90. The highest BCUT2D eigenvalue weighted by Gasteiger charge is 2.42. The molecule has 2 nitrogen and oxygen atoms in total. The molecule has 0 aromatic heterocycles. The largest absolute Gasteiger partial charge is 0.497 e. The Labute approximate surface area is 127 Å². The molecule has 0 aliphatic heterocycles. The second kappa shape index (κ2) is 5.96.